The first-order valence-corrected chi connectivity index (χ1v) is 4.84. The SMILES string of the molecule is COC(=O)Cc1ccc(C)c([N+](=O)[O-])c1Cl. The summed E-state index contributed by atoms with van der Waals surface area (Å²) in [4.78, 5) is 21.2. The fourth-order valence-electron chi connectivity index (χ4n) is 1.29. The van der Waals surface area contributed by atoms with Crippen LogP contribution in [0.1, 0.15) is 11.1 Å². The molecule has 6 heteroatoms. The molecule has 0 heterocycles. The van der Waals surface area contributed by atoms with Gasteiger partial charge in [-0.05, 0) is 12.5 Å². The lowest BCUT2D eigenvalue weighted by Crippen LogP contribution is -2.06. The normalized spacial score (nSPS) is 9.94. The number of halogens is 1. The molecular weight excluding hydrogens is 234 g/mol. The number of methoxy groups -OCH3 is 1. The molecule has 16 heavy (non-hydrogen) atoms. The minimum atomic E-state index is -0.557. The molecule has 0 fully saturated rings. The molecule has 86 valence electrons. The molecule has 0 spiro atoms. The van der Waals surface area contributed by atoms with E-state index in [1.807, 2.05) is 0 Å². The number of nitro groups is 1. The third-order valence-electron chi connectivity index (χ3n) is 2.14. The number of benzene rings is 1. The average Bonchev–Trinajstić information content (AvgIpc) is 2.21. The summed E-state index contributed by atoms with van der Waals surface area (Å²) in [5, 5.41) is 10.8. The molecule has 0 bridgehead atoms. The summed E-state index contributed by atoms with van der Waals surface area (Å²) in [7, 11) is 1.25. The fraction of sp³-hybridized carbons (Fsp3) is 0.300. The van der Waals surface area contributed by atoms with Gasteiger partial charge in [0.15, 0.2) is 0 Å². The van der Waals surface area contributed by atoms with Crippen LogP contribution < -0.4 is 0 Å². The van der Waals surface area contributed by atoms with Crippen LogP contribution in [0.2, 0.25) is 5.02 Å². The molecule has 0 radical (unpaired) electrons. The highest BCUT2D eigenvalue weighted by Gasteiger charge is 2.20. The largest absolute Gasteiger partial charge is 0.469 e. The molecule has 0 N–H and O–H groups in total. The Morgan fingerprint density at radius 3 is 2.69 bits per heavy atom. The Kier molecular flexibility index (Phi) is 3.84. The molecule has 0 aliphatic heterocycles. The molecule has 0 aliphatic carbocycles. The van der Waals surface area contributed by atoms with Gasteiger partial charge in [0.1, 0.15) is 5.02 Å². The monoisotopic (exact) mass is 243 g/mol. The van der Waals surface area contributed by atoms with E-state index in [4.69, 9.17) is 11.6 Å². The number of nitro benzene ring substituents is 1. The van der Waals surface area contributed by atoms with Gasteiger partial charge in [-0.15, -0.1) is 0 Å². The van der Waals surface area contributed by atoms with Gasteiger partial charge < -0.3 is 4.74 Å². The molecule has 1 aromatic rings. The Labute approximate surface area is 97.1 Å². The third-order valence-corrected chi connectivity index (χ3v) is 2.56. The molecule has 0 amide bonds. The van der Waals surface area contributed by atoms with Crippen molar-refractivity contribution < 1.29 is 14.5 Å². The van der Waals surface area contributed by atoms with Crippen LogP contribution in [0.3, 0.4) is 0 Å². The average molecular weight is 244 g/mol. The first-order chi connectivity index (χ1) is 7.47. The number of carbonyl (C=O) groups excluding carboxylic acids is 1. The van der Waals surface area contributed by atoms with E-state index in [1.165, 1.54) is 7.11 Å². The van der Waals surface area contributed by atoms with Crippen LogP contribution in [-0.2, 0) is 16.0 Å². The molecule has 0 saturated carbocycles. The topological polar surface area (TPSA) is 69.4 Å². The fourth-order valence-corrected chi connectivity index (χ4v) is 1.64. The molecule has 5 nitrogen and oxygen atoms in total. The summed E-state index contributed by atoms with van der Waals surface area (Å²) in [5.74, 6) is -0.486. The van der Waals surface area contributed by atoms with Crippen molar-refractivity contribution in [3.8, 4) is 0 Å². The lowest BCUT2D eigenvalue weighted by atomic mass is 10.1. The molecule has 1 aromatic carbocycles. The van der Waals surface area contributed by atoms with Crippen molar-refractivity contribution in [3.05, 3.63) is 38.4 Å². The number of nitrogens with zero attached hydrogens (tertiary/aromatic N) is 1. The van der Waals surface area contributed by atoms with Crippen LogP contribution >= 0.6 is 11.6 Å². The zero-order chi connectivity index (χ0) is 12.3. The predicted molar refractivity (Wildman–Crippen MR) is 58.6 cm³/mol. The summed E-state index contributed by atoms with van der Waals surface area (Å²) in [5.41, 5.74) is 0.692. The lowest BCUT2D eigenvalue weighted by molar-refractivity contribution is -0.385. The molecule has 0 atom stereocenters. The highest BCUT2D eigenvalue weighted by atomic mass is 35.5. The van der Waals surface area contributed by atoms with Crippen LogP contribution in [0.4, 0.5) is 5.69 Å². The van der Waals surface area contributed by atoms with E-state index in [0.717, 1.165) is 0 Å². The van der Waals surface area contributed by atoms with Gasteiger partial charge in [-0.1, -0.05) is 23.7 Å². The van der Waals surface area contributed by atoms with Crippen molar-refractivity contribution in [1.82, 2.24) is 0 Å². The van der Waals surface area contributed by atoms with Gasteiger partial charge in [0.2, 0.25) is 0 Å². The van der Waals surface area contributed by atoms with E-state index in [9.17, 15) is 14.9 Å². The maximum atomic E-state index is 11.0. The van der Waals surface area contributed by atoms with Crippen LogP contribution in [0.15, 0.2) is 12.1 Å². The number of hydrogen-bond acceptors (Lipinski definition) is 4. The van der Waals surface area contributed by atoms with Crippen LogP contribution in [0.25, 0.3) is 0 Å². The Bertz CT molecular complexity index is 445. The van der Waals surface area contributed by atoms with Crippen molar-refractivity contribution in [2.24, 2.45) is 0 Å². The Balaban J connectivity index is 3.18. The molecule has 0 saturated heterocycles. The van der Waals surface area contributed by atoms with Gasteiger partial charge in [-0.2, -0.15) is 0 Å². The molecule has 0 aromatic heterocycles. The quantitative estimate of drug-likeness (QED) is 0.464. The second-order valence-electron chi connectivity index (χ2n) is 3.21. The summed E-state index contributed by atoms with van der Waals surface area (Å²) in [6, 6.07) is 3.14. The number of rotatable bonds is 3. The number of ether oxygens (including phenoxy) is 1. The Morgan fingerprint density at radius 1 is 1.56 bits per heavy atom. The van der Waals surface area contributed by atoms with Crippen molar-refractivity contribution in [1.29, 1.82) is 0 Å². The van der Waals surface area contributed by atoms with Gasteiger partial charge in [0, 0.05) is 5.56 Å². The minimum Gasteiger partial charge on any atom is -0.469 e. The molecule has 1 rings (SSSR count). The van der Waals surface area contributed by atoms with Crippen LogP contribution in [0, 0.1) is 17.0 Å². The van der Waals surface area contributed by atoms with E-state index in [0.29, 0.717) is 11.1 Å². The van der Waals surface area contributed by atoms with E-state index in [-0.39, 0.29) is 17.1 Å². The smallest absolute Gasteiger partial charge is 0.310 e. The van der Waals surface area contributed by atoms with E-state index in [1.54, 1.807) is 19.1 Å². The van der Waals surface area contributed by atoms with Crippen molar-refractivity contribution in [2.45, 2.75) is 13.3 Å². The van der Waals surface area contributed by atoms with E-state index in [2.05, 4.69) is 4.74 Å². The number of carbonyl (C=O) groups is 1. The molecular formula is C10H10ClNO4. The summed E-state index contributed by atoms with van der Waals surface area (Å²) < 4.78 is 4.47. The number of hydrogen-bond donors (Lipinski definition) is 0. The second kappa shape index (κ2) is 4.94. The minimum absolute atomic E-state index is 0.00426. The summed E-state index contributed by atoms with van der Waals surface area (Å²) in [6.45, 7) is 1.59. The second-order valence-corrected chi connectivity index (χ2v) is 3.59. The maximum Gasteiger partial charge on any atom is 0.310 e. The molecule has 0 unspecified atom stereocenters. The van der Waals surface area contributed by atoms with Crippen LogP contribution in [-0.4, -0.2) is 18.0 Å². The third kappa shape index (κ3) is 2.49. The Hall–Kier alpha value is -1.62. The number of aryl methyl sites for hydroxylation is 1. The first kappa shape index (κ1) is 12.4. The van der Waals surface area contributed by atoms with Crippen molar-refractivity contribution >= 4 is 23.3 Å². The van der Waals surface area contributed by atoms with Gasteiger partial charge in [-0.3, -0.25) is 14.9 Å². The maximum absolute atomic E-state index is 11.0. The van der Waals surface area contributed by atoms with Crippen molar-refractivity contribution in [3.63, 3.8) is 0 Å². The van der Waals surface area contributed by atoms with Crippen LogP contribution in [0.5, 0.6) is 0 Å². The van der Waals surface area contributed by atoms with Crippen molar-refractivity contribution in [2.75, 3.05) is 7.11 Å². The highest BCUT2D eigenvalue weighted by molar-refractivity contribution is 6.33. The Morgan fingerprint density at radius 2 is 2.19 bits per heavy atom. The van der Waals surface area contributed by atoms with Gasteiger partial charge in [0.05, 0.1) is 18.5 Å². The lowest BCUT2D eigenvalue weighted by Gasteiger charge is -2.05. The highest BCUT2D eigenvalue weighted by Crippen LogP contribution is 2.31. The zero-order valence-electron chi connectivity index (χ0n) is 8.82. The predicted octanol–water partition coefficient (Wildman–Crippen LogP) is 2.27. The zero-order valence-corrected chi connectivity index (χ0v) is 9.58. The summed E-state index contributed by atoms with van der Waals surface area (Å²) >= 11 is 5.86. The van der Waals surface area contributed by atoms with Gasteiger partial charge in [-0.25, -0.2) is 0 Å². The standard InChI is InChI=1S/C10H10ClNO4/c1-6-3-4-7(5-8(13)16-2)9(11)10(6)12(14)15/h3-4H,5H2,1-2H3. The number of esters is 1. The van der Waals surface area contributed by atoms with E-state index < -0.39 is 10.9 Å². The van der Waals surface area contributed by atoms with Gasteiger partial charge >= 0.3 is 5.97 Å². The first-order valence-electron chi connectivity index (χ1n) is 4.46. The van der Waals surface area contributed by atoms with Gasteiger partial charge in [0.25, 0.3) is 5.69 Å². The van der Waals surface area contributed by atoms with E-state index >= 15 is 0 Å². The molecule has 0 aliphatic rings. The summed E-state index contributed by atoms with van der Waals surface area (Å²) in [6.07, 6.45) is -0.0730.